The second-order valence-corrected chi connectivity index (χ2v) is 4.82. The summed E-state index contributed by atoms with van der Waals surface area (Å²) < 4.78 is 31.9. The Morgan fingerprint density at radius 3 is 2.39 bits per heavy atom. The van der Waals surface area contributed by atoms with Gasteiger partial charge in [-0.05, 0) is 24.7 Å². The summed E-state index contributed by atoms with van der Waals surface area (Å²) in [5.41, 5.74) is 1.41. The summed E-state index contributed by atoms with van der Waals surface area (Å²) in [6.45, 7) is 2.29. The Hall–Kier alpha value is -1.56. The SMILES string of the molecule is COCCN(C(=O)c1ccc(C)cc1)c1ccc(F)[c-]c1F.[Ti]. The Morgan fingerprint density at radius 2 is 1.83 bits per heavy atom. The molecule has 6 heteroatoms. The van der Waals surface area contributed by atoms with Gasteiger partial charge in [0.1, 0.15) is 0 Å². The molecule has 0 aromatic heterocycles. The number of halogens is 2. The number of hydrogen-bond acceptors (Lipinski definition) is 2. The van der Waals surface area contributed by atoms with Crippen LogP contribution in [0.3, 0.4) is 0 Å². The Kier molecular flexibility index (Phi) is 7.56. The maximum atomic E-state index is 13.9. The van der Waals surface area contributed by atoms with Crippen molar-refractivity contribution < 1.29 is 40.0 Å². The molecule has 0 unspecified atom stereocenters. The van der Waals surface area contributed by atoms with Gasteiger partial charge in [0, 0.05) is 52.6 Å². The number of carbonyl (C=O) groups is 1. The van der Waals surface area contributed by atoms with Crippen LogP contribution in [0.5, 0.6) is 0 Å². The van der Waals surface area contributed by atoms with E-state index in [0.29, 0.717) is 5.56 Å². The van der Waals surface area contributed by atoms with Gasteiger partial charge in [0.2, 0.25) is 5.91 Å². The molecule has 120 valence electrons. The quantitative estimate of drug-likeness (QED) is 0.610. The number of aryl methyl sites for hydroxylation is 1. The van der Waals surface area contributed by atoms with Crippen molar-refractivity contribution in [3.05, 3.63) is 65.2 Å². The summed E-state index contributed by atoms with van der Waals surface area (Å²) in [6.07, 6.45) is 0. The summed E-state index contributed by atoms with van der Waals surface area (Å²) in [5.74, 6) is -2.09. The molecule has 3 nitrogen and oxygen atoms in total. The zero-order valence-electron chi connectivity index (χ0n) is 12.9. The van der Waals surface area contributed by atoms with Crippen LogP contribution >= 0.6 is 0 Å². The molecule has 2 rings (SSSR count). The predicted molar refractivity (Wildman–Crippen MR) is 79.9 cm³/mol. The molecular formula is C17H16F2NO2Ti-. The van der Waals surface area contributed by atoms with Crippen LogP contribution in [0.1, 0.15) is 15.9 Å². The number of benzene rings is 2. The van der Waals surface area contributed by atoms with Crippen molar-refractivity contribution in [3.63, 3.8) is 0 Å². The van der Waals surface area contributed by atoms with E-state index in [1.54, 1.807) is 24.3 Å². The molecule has 0 saturated carbocycles. The molecule has 0 radical (unpaired) electrons. The van der Waals surface area contributed by atoms with Gasteiger partial charge in [-0.25, -0.2) is 8.78 Å². The number of methoxy groups -OCH3 is 1. The van der Waals surface area contributed by atoms with Gasteiger partial charge in [0.25, 0.3) is 0 Å². The van der Waals surface area contributed by atoms with E-state index in [4.69, 9.17) is 4.74 Å². The zero-order chi connectivity index (χ0) is 16.1. The molecule has 2 aromatic rings. The van der Waals surface area contributed by atoms with Gasteiger partial charge < -0.3 is 9.64 Å². The Bertz CT molecular complexity index is 662. The molecule has 0 atom stereocenters. The molecule has 0 fully saturated rings. The van der Waals surface area contributed by atoms with Crippen molar-refractivity contribution in [1.29, 1.82) is 0 Å². The number of ether oxygens (including phenoxy) is 1. The smallest absolute Gasteiger partial charge is 0.247 e. The van der Waals surface area contributed by atoms with Gasteiger partial charge in [-0.1, -0.05) is 17.7 Å². The fourth-order valence-electron chi connectivity index (χ4n) is 2.01. The van der Waals surface area contributed by atoms with Crippen molar-refractivity contribution in [1.82, 2.24) is 0 Å². The third-order valence-electron chi connectivity index (χ3n) is 3.20. The minimum absolute atomic E-state index is 0. The molecular weight excluding hydrogens is 336 g/mol. The van der Waals surface area contributed by atoms with E-state index in [-0.39, 0.29) is 46.5 Å². The van der Waals surface area contributed by atoms with Gasteiger partial charge >= 0.3 is 0 Å². The Morgan fingerprint density at radius 1 is 1.17 bits per heavy atom. The first-order valence-corrected chi connectivity index (χ1v) is 6.77. The molecule has 0 bridgehead atoms. The van der Waals surface area contributed by atoms with Crippen molar-refractivity contribution in [2.24, 2.45) is 0 Å². The number of carbonyl (C=O) groups excluding carboxylic acids is 1. The summed E-state index contributed by atoms with van der Waals surface area (Å²) >= 11 is 0. The molecule has 0 spiro atoms. The van der Waals surface area contributed by atoms with Crippen LogP contribution in [0, 0.1) is 24.6 Å². The van der Waals surface area contributed by atoms with Crippen LogP contribution < -0.4 is 4.90 Å². The van der Waals surface area contributed by atoms with Crippen LogP contribution in [-0.4, -0.2) is 26.2 Å². The maximum absolute atomic E-state index is 13.9. The van der Waals surface area contributed by atoms with Crippen LogP contribution in [0.4, 0.5) is 14.5 Å². The number of nitrogens with zero attached hydrogens (tertiary/aromatic N) is 1. The topological polar surface area (TPSA) is 29.5 Å². The monoisotopic (exact) mass is 352 g/mol. The second kappa shape index (κ2) is 8.92. The molecule has 0 N–H and O–H groups in total. The van der Waals surface area contributed by atoms with Crippen LogP contribution in [0.25, 0.3) is 0 Å². The summed E-state index contributed by atoms with van der Waals surface area (Å²) in [5, 5.41) is 0. The molecule has 23 heavy (non-hydrogen) atoms. The van der Waals surface area contributed by atoms with Crippen molar-refractivity contribution >= 4 is 11.6 Å². The number of anilines is 1. The predicted octanol–water partition coefficient (Wildman–Crippen LogP) is 3.36. The molecule has 2 aromatic carbocycles. The van der Waals surface area contributed by atoms with Crippen LogP contribution in [0.2, 0.25) is 0 Å². The van der Waals surface area contributed by atoms with Crippen LogP contribution in [-0.2, 0) is 26.5 Å². The van der Waals surface area contributed by atoms with Gasteiger partial charge in [0.05, 0.1) is 6.61 Å². The fourth-order valence-corrected chi connectivity index (χ4v) is 2.01. The van der Waals surface area contributed by atoms with Gasteiger partial charge in [-0.3, -0.25) is 4.79 Å². The minimum atomic E-state index is -0.906. The van der Waals surface area contributed by atoms with Crippen LogP contribution in [0.15, 0.2) is 36.4 Å². The van der Waals surface area contributed by atoms with Crippen molar-refractivity contribution in [2.75, 3.05) is 25.2 Å². The first kappa shape index (κ1) is 19.5. The molecule has 0 heterocycles. The maximum Gasteiger partial charge on any atom is 0.247 e. The third kappa shape index (κ3) is 4.96. The zero-order valence-corrected chi connectivity index (χ0v) is 14.5. The molecule has 1 amide bonds. The average molecular weight is 352 g/mol. The van der Waals surface area contributed by atoms with Crippen molar-refractivity contribution in [2.45, 2.75) is 6.92 Å². The van der Waals surface area contributed by atoms with Gasteiger partial charge in [-0.2, -0.15) is 0 Å². The summed E-state index contributed by atoms with van der Waals surface area (Å²) in [7, 11) is 1.49. The van der Waals surface area contributed by atoms with E-state index >= 15 is 0 Å². The van der Waals surface area contributed by atoms with Gasteiger partial charge in [-0.15, -0.1) is 18.2 Å². The van der Waals surface area contributed by atoms with E-state index in [2.05, 4.69) is 0 Å². The normalized spacial score (nSPS) is 10.1. The molecule has 0 aliphatic carbocycles. The van der Waals surface area contributed by atoms with Crippen molar-refractivity contribution in [3.8, 4) is 0 Å². The van der Waals surface area contributed by atoms with E-state index < -0.39 is 11.6 Å². The first-order valence-electron chi connectivity index (χ1n) is 6.77. The number of hydrogen-bond donors (Lipinski definition) is 0. The van der Waals surface area contributed by atoms with E-state index in [1.165, 1.54) is 18.1 Å². The second-order valence-electron chi connectivity index (χ2n) is 4.82. The van der Waals surface area contributed by atoms with Gasteiger partial charge in [0.15, 0.2) is 0 Å². The summed E-state index contributed by atoms with van der Waals surface area (Å²) in [6, 6.07) is 11.2. The third-order valence-corrected chi connectivity index (χ3v) is 3.20. The average Bonchev–Trinajstić information content (AvgIpc) is 2.49. The minimum Gasteiger partial charge on any atom is -0.383 e. The van der Waals surface area contributed by atoms with E-state index in [9.17, 15) is 13.6 Å². The standard InChI is InChI=1S/C17H16F2NO2.Ti/c1-12-3-5-13(6-4-12)17(21)20(9-10-22-2)16-8-7-14(18)11-15(16)19;/h3-8H,9-10H2,1-2H3;/q-1;. The Labute approximate surface area is 149 Å². The fraction of sp³-hybridized carbons (Fsp3) is 0.235. The molecule has 0 aliphatic heterocycles. The Balaban J connectivity index is 0.00000264. The first-order chi connectivity index (χ1) is 10.5. The molecule has 0 saturated heterocycles. The largest absolute Gasteiger partial charge is 0.383 e. The number of rotatable bonds is 5. The summed E-state index contributed by atoms with van der Waals surface area (Å²) in [4.78, 5) is 13.8. The van der Waals surface area contributed by atoms with E-state index in [0.717, 1.165) is 11.6 Å². The van der Waals surface area contributed by atoms with E-state index in [1.807, 2.05) is 13.0 Å². The number of amides is 1. The molecule has 0 aliphatic rings.